The van der Waals surface area contributed by atoms with Crippen molar-refractivity contribution in [3.8, 4) is 0 Å². The number of hydrogen-bond donors (Lipinski definition) is 0. The van der Waals surface area contributed by atoms with Gasteiger partial charge in [0.25, 0.3) is 5.56 Å². The molecule has 1 heterocycles. The van der Waals surface area contributed by atoms with Crippen molar-refractivity contribution in [2.24, 2.45) is 0 Å². The van der Waals surface area contributed by atoms with E-state index in [2.05, 4.69) is 15.9 Å². The number of hydrogen-bond acceptors (Lipinski definition) is 1. The van der Waals surface area contributed by atoms with Crippen molar-refractivity contribution in [2.75, 3.05) is 0 Å². The first-order valence-electron chi connectivity index (χ1n) is 5.63. The molecule has 0 aliphatic heterocycles. The van der Waals surface area contributed by atoms with Crippen LogP contribution in [0.2, 0.25) is 5.02 Å². The van der Waals surface area contributed by atoms with Gasteiger partial charge in [-0.15, -0.1) is 0 Å². The fourth-order valence-electron chi connectivity index (χ4n) is 1.83. The van der Waals surface area contributed by atoms with Crippen LogP contribution < -0.4 is 5.56 Å². The van der Waals surface area contributed by atoms with Crippen molar-refractivity contribution in [1.29, 1.82) is 0 Å². The van der Waals surface area contributed by atoms with E-state index in [1.54, 1.807) is 16.8 Å². The molecule has 0 aliphatic carbocycles. The summed E-state index contributed by atoms with van der Waals surface area (Å²) in [4.78, 5) is 12.1. The molecule has 2 rings (SSSR count). The molecule has 0 saturated carbocycles. The molecule has 0 bridgehead atoms. The molecule has 1 aromatic heterocycles. The molecule has 4 heteroatoms. The molecule has 2 nitrogen and oxygen atoms in total. The van der Waals surface area contributed by atoms with Gasteiger partial charge in [-0.2, -0.15) is 0 Å². The predicted octanol–water partition coefficient (Wildman–Crippen LogP) is 4.18. The Morgan fingerprint density at radius 3 is 2.50 bits per heavy atom. The SMILES string of the molecule is Cc1ccc(C(C)n2cc(Cl)cc(Br)c2=O)cc1. The van der Waals surface area contributed by atoms with Crippen molar-refractivity contribution in [2.45, 2.75) is 19.9 Å². The monoisotopic (exact) mass is 325 g/mol. The first-order valence-corrected chi connectivity index (χ1v) is 6.80. The third kappa shape index (κ3) is 2.68. The smallest absolute Gasteiger partial charge is 0.265 e. The lowest BCUT2D eigenvalue weighted by atomic mass is 10.1. The van der Waals surface area contributed by atoms with Gasteiger partial charge in [-0.25, -0.2) is 0 Å². The molecule has 1 aromatic carbocycles. The van der Waals surface area contributed by atoms with Crippen molar-refractivity contribution in [1.82, 2.24) is 4.57 Å². The summed E-state index contributed by atoms with van der Waals surface area (Å²) < 4.78 is 2.12. The van der Waals surface area contributed by atoms with Crippen LogP contribution in [0.5, 0.6) is 0 Å². The number of aromatic nitrogens is 1. The van der Waals surface area contributed by atoms with Gasteiger partial charge in [0.2, 0.25) is 0 Å². The van der Waals surface area contributed by atoms with E-state index >= 15 is 0 Å². The standard InChI is InChI=1S/C14H13BrClNO/c1-9-3-5-11(6-4-9)10(2)17-8-12(16)7-13(15)14(17)18/h3-8,10H,1-2H3. The van der Waals surface area contributed by atoms with Gasteiger partial charge in [0.1, 0.15) is 0 Å². The zero-order valence-corrected chi connectivity index (χ0v) is 12.5. The second-order valence-electron chi connectivity index (χ2n) is 4.31. The minimum absolute atomic E-state index is 0.0481. The largest absolute Gasteiger partial charge is 0.306 e. The number of aryl methyl sites for hydroxylation is 1. The number of pyridine rings is 1. The summed E-state index contributed by atoms with van der Waals surface area (Å²) >= 11 is 9.22. The van der Waals surface area contributed by atoms with E-state index in [1.807, 2.05) is 38.1 Å². The van der Waals surface area contributed by atoms with E-state index in [0.29, 0.717) is 9.50 Å². The van der Waals surface area contributed by atoms with Crippen LogP contribution in [0.15, 0.2) is 45.8 Å². The summed E-state index contributed by atoms with van der Waals surface area (Å²) in [5.74, 6) is 0. The van der Waals surface area contributed by atoms with Crippen LogP contribution in [0.1, 0.15) is 24.1 Å². The van der Waals surface area contributed by atoms with Crippen LogP contribution in [0, 0.1) is 6.92 Å². The van der Waals surface area contributed by atoms with E-state index in [-0.39, 0.29) is 11.6 Å². The highest BCUT2D eigenvalue weighted by Crippen LogP contribution is 2.20. The maximum atomic E-state index is 12.1. The van der Waals surface area contributed by atoms with Crippen LogP contribution in [-0.2, 0) is 0 Å². The molecule has 2 aromatic rings. The highest BCUT2D eigenvalue weighted by molar-refractivity contribution is 9.10. The Hall–Kier alpha value is -1.06. The Morgan fingerprint density at radius 1 is 1.28 bits per heavy atom. The van der Waals surface area contributed by atoms with Crippen LogP contribution in [0.4, 0.5) is 0 Å². The average molecular weight is 327 g/mol. The lowest BCUT2D eigenvalue weighted by Gasteiger charge is -2.16. The lowest BCUT2D eigenvalue weighted by Crippen LogP contribution is -2.23. The summed E-state index contributed by atoms with van der Waals surface area (Å²) in [6, 6.07) is 9.70. The van der Waals surface area contributed by atoms with Gasteiger partial charge in [0.15, 0.2) is 0 Å². The first kappa shape index (κ1) is 13.4. The topological polar surface area (TPSA) is 22.0 Å². The molecule has 0 spiro atoms. The molecule has 1 unspecified atom stereocenters. The van der Waals surface area contributed by atoms with Crippen LogP contribution in [0.3, 0.4) is 0 Å². The normalized spacial score (nSPS) is 12.4. The van der Waals surface area contributed by atoms with Crippen molar-refractivity contribution >= 4 is 27.5 Å². The quantitative estimate of drug-likeness (QED) is 0.811. The minimum Gasteiger partial charge on any atom is -0.306 e. The molecule has 94 valence electrons. The predicted molar refractivity (Wildman–Crippen MR) is 78.4 cm³/mol. The molecule has 0 radical (unpaired) electrons. The zero-order chi connectivity index (χ0) is 13.3. The molecule has 0 N–H and O–H groups in total. The van der Waals surface area contributed by atoms with E-state index in [9.17, 15) is 4.79 Å². The van der Waals surface area contributed by atoms with Crippen LogP contribution in [0.25, 0.3) is 0 Å². The molecule has 1 atom stereocenters. The van der Waals surface area contributed by atoms with Gasteiger partial charge < -0.3 is 4.57 Å². The molecule has 0 fully saturated rings. The van der Waals surface area contributed by atoms with Gasteiger partial charge >= 0.3 is 0 Å². The van der Waals surface area contributed by atoms with Gasteiger partial charge in [0, 0.05) is 6.20 Å². The first-order chi connectivity index (χ1) is 8.49. The second kappa shape index (κ2) is 5.29. The lowest BCUT2D eigenvalue weighted by molar-refractivity contribution is 0.612. The Bertz CT molecular complexity index is 619. The molecular weight excluding hydrogens is 314 g/mol. The highest BCUT2D eigenvalue weighted by atomic mass is 79.9. The summed E-state index contributed by atoms with van der Waals surface area (Å²) in [7, 11) is 0. The Morgan fingerprint density at radius 2 is 1.89 bits per heavy atom. The van der Waals surface area contributed by atoms with Crippen molar-refractivity contribution in [3.63, 3.8) is 0 Å². The van der Waals surface area contributed by atoms with E-state index in [1.165, 1.54) is 5.56 Å². The van der Waals surface area contributed by atoms with Crippen LogP contribution in [-0.4, -0.2) is 4.57 Å². The molecule has 0 saturated heterocycles. The number of halogens is 2. The maximum absolute atomic E-state index is 12.1. The number of benzene rings is 1. The van der Waals surface area contributed by atoms with E-state index in [4.69, 9.17) is 11.6 Å². The third-order valence-corrected chi connectivity index (χ3v) is 3.72. The van der Waals surface area contributed by atoms with Gasteiger partial charge in [-0.3, -0.25) is 4.79 Å². The molecule has 18 heavy (non-hydrogen) atoms. The van der Waals surface area contributed by atoms with Crippen LogP contribution >= 0.6 is 27.5 Å². The van der Waals surface area contributed by atoms with Gasteiger partial charge in [-0.05, 0) is 41.4 Å². The summed E-state index contributed by atoms with van der Waals surface area (Å²) in [5.41, 5.74) is 2.20. The fraction of sp³-hybridized carbons (Fsp3) is 0.214. The summed E-state index contributed by atoms with van der Waals surface area (Å²) in [5, 5.41) is 0.542. The van der Waals surface area contributed by atoms with E-state index < -0.39 is 0 Å². The van der Waals surface area contributed by atoms with Crippen molar-refractivity contribution in [3.05, 3.63) is 67.5 Å². The second-order valence-corrected chi connectivity index (χ2v) is 5.60. The average Bonchev–Trinajstić information content (AvgIpc) is 2.34. The number of rotatable bonds is 2. The van der Waals surface area contributed by atoms with Gasteiger partial charge in [-0.1, -0.05) is 41.4 Å². The van der Waals surface area contributed by atoms with Crippen molar-refractivity contribution < 1.29 is 0 Å². The minimum atomic E-state index is -0.0764. The Kier molecular flexibility index (Phi) is 3.93. The Labute approximate surface area is 119 Å². The van der Waals surface area contributed by atoms with E-state index in [0.717, 1.165) is 5.56 Å². The summed E-state index contributed by atoms with van der Waals surface area (Å²) in [6.07, 6.45) is 1.67. The summed E-state index contributed by atoms with van der Waals surface area (Å²) in [6.45, 7) is 4.02. The molecule has 0 aliphatic rings. The third-order valence-electron chi connectivity index (χ3n) is 2.94. The zero-order valence-electron chi connectivity index (χ0n) is 10.2. The fourth-order valence-corrected chi connectivity index (χ4v) is 2.63. The molecule has 0 amide bonds. The molecular formula is C14H13BrClNO. The maximum Gasteiger partial charge on any atom is 0.265 e. The number of nitrogens with zero attached hydrogens (tertiary/aromatic N) is 1. The highest BCUT2D eigenvalue weighted by Gasteiger charge is 2.11. The van der Waals surface area contributed by atoms with Gasteiger partial charge in [0.05, 0.1) is 15.5 Å². The Balaban J connectivity index is 2.49.